The van der Waals surface area contributed by atoms with E-state index in [1.54, 1.807) is 27.0 Å². The van der Waals surface area contributed by atoms with Gasteiger partial charge in [0.2, 0.25) is 10.0 Å². The average molecular weight is 567 g/mol. The van der Waals surface area contributed by atoms with Crippen LogP contribution in [0.4, 0.5) is 14.8 Å². The second kappa shape index (κ2) is 13.5. The summed E-state index contributed by atoms with van der Waals surface area (Å²) in [6, 6.07) is 8.88. The molecule has 10 nitrogen and oxygen atoms in total. The highest BCUT2D eigenvalue weighted by Gasteiger charge is 2.25. The second-order valence-electron chi connectivity index (χ2n) is 9.43. The number of amides is 1. The lowest BCUT2D eigenvalue weighted by molar-refractivity contribution is 0.0825. The molecule has 0 aliphatic carbocycles. The zero-order valence-corrected chi connectivity index (χ0v) is 22.6. The van der Waals surface area contributed by atoms with Crippen LogP contribution in [0.5, 0.6) is 5.75 Å². The molecule has 0 saturated carbocycles. The van der Waals surface area contributed by atoms with Gasteiger partial charge in [-0.1, -0.05) is 26.0 Å². The van der Waals surface area contributed by atoms with E-state index >= 15 is 0 Å². The van der Waals surface area contributed by atoms with E-state index in [9.17, 15) is 27.1 Å². The lowest BCUT2D eigenvalue weighted by Gasteiger charge is -2.24. The molecule has 13 heteroatoms. The van der Waals surface area contributed by atoms with Crippen LogP contribution in [0.15, 0.2) is 53.1 Å². The summed E-state index contributed by atoms with van der Waals surface area (Å²) < 4.78 is 64.3. The lowest BCUT2D eigenvalue weighted by atomic mass is 10.0. The maximum absolute atomic E-state index is 13.8. The van der Waals surface area contributed by atoms with E-state index in [2.05, 4.69) is 20.3 Å². The molecule has 0 radical (unpaired) electrons. The van der Waals surface area contributed by atoms with Crippen LogP contribution in [0.1, 0.15) is 35.5 Å². The van der Waals surface area contributed by atoms with E-state index in [0.717, 1.165) is 30.0 Å². The largest absolute Gasteiger partial charge is 0.497 e. The minimum absolute atomic E-state index is 0.0268. The first-order valence-electron chi connectivity index (χ1n) is 12.2. The number of anilines is 1. The van der Waals surface area contributed by atoms with Crippen LogP contribution < -0.4 is 20.1 Å². The number of rotatable bonds is 14. The van der Waals surface area contributed by atoms with Crippen molar-refractivity contribution in [1.29, 1.82) is 0 Å². The molecule has 3 rings (SSSR count). The molecule has 1 amide bonds. The van der Waals surface area contributed by atoms with Crippen LogP contribution >= 0.6 is 0 Å². The third-order valence-corrected chi connectivity index (χ3v) is 7.10. The van der Waals surface area contributed by atoms with Crippen molar-refractivity contribution in [2.24, 2.45) is 5.92 Å². The summed E-state index contributed by atoms with van der Waals surface area (Å²) >= 11 is 0. The Labute approximate surface area is 225 Å². The Hall–Kier alpha value is -3.55. The van der Waals surface area contributed by atoms with Gasteiger partial charge in [-0.05, 0) is 47.7 Å². The van der Waals surface area contributed by atoms with Crippen molar-refractivity contribution < 1.29 is 36.3 Å². The Morgan fingerprint density at radius 1 is 1.13 bits per heavy atom. The summed E-state index contributed by atoms with van der Waals surface area (Å²) in [6.07, 6.45) is -0.315. The number of benzene rings is 2. The van der Waals surface area contributed by atoms with Gasteiger partial charge in [0.05, 0.1) is 25.0 Å². The fraction of sp³-hybridized carbons (Fsp3) is 0.385. The molecule has 1 aromatic heterocycles. The molecular formula is C26H32F2N4O6S. The normalized spacial score (nSPS) is 13.2. The number of aromatic nitrogens is 1. The topological polar surface area (TPSA) is 143 Å². The van der Waals surface area contributed by atoms with Crippen molar-refractivity contribution in [3.05, 3.63) is 77.2 Å². The van der Waals surface area contributed by atoms with E-state index in [0.29, 0.717) is 12.3 Å². The average Bonchev–Trinajstić information content (AvgIpc) is 3.30. The quantitative estimate of drug-likeness (QED) is 0.233. The standard InChI is InChI=1S/C26H32F2N4O6S/c1-16(2)15-39(35,36)32-26-31-23(14-38-26)25(34)30-22(10-18-7-19(27)11-20(28)8-18)24(33)13-29-12-17-5-4-6-21(9-17)37-3/h4-9,11,14,16,22,24,29,33H,10,12-13,15H2,1-3H3,(H,30,34)(H,31,32)/t22-,24+/m0/s1. The Morgan fingerprint density at radius 3 is 2.51 bits per heavy atom. The third-order valence-electron chi connectivity index (χ3n) is 5.51. The lowest BCUT2D eigenvalue weighted by Crippen LogP contribution is -2.48. The molecule has 4 N–H and O–H groups in total. The van der Waals surface area contributed by atoms with Crippen molar-refractivity contribution in [2.75, 3.05) is 24.1 Å². The van der Waals surface area contributed by atoms with E-state index in [-0.39, 0.29) is 41.9 Å². The molecule has 0 bridgehead atoms. The Balaban J connectivity index is 1.71. The predicted molar refractivity (Wildman–Crippen MR) is 141 cm³/mol. The Kier molecular flexibility index (Phi) is 10.4. The van der Waals surface area contributed by atoms with Gasteiger partial charge in [-0.25, -0.2) is 21.9 Å². The predicted octanol–water partition coefficient (Wildman–Crippen LogP) is 2.85. The number of hydrogen-bond acceptors (Lipinski definition) is 8. The first-order valence-corrected chi connectivity index (χ1v) is 13.8. The number of aliphatic hydroxyl groups is 1. The SMILES string of the molecule is COc1cccc(CNC[C@@H](O)[C@H](Cc2cc(F)cc(F)c2)NC(=O)c2coc(NS(=O)(=O)CC(C)C)n2)c1. The Morgan fingerprint density at radius 2 is 1.85 bits per heavy atom. The highest BCUT2D eigenvalue weighted by atomic mass is 32.2. The maximum atomic E-state index is 13.8. The van der Waals surface area contributed by atoms with Crippen molar-refractivity contribution >= 4 is 21.9 Å². The van der Waals surface area contributed by atoms with Crippen molar-refractivity contribution in [3.8, 4) is 5.75 Å². The van der Waals surface area contributed by atoms with Gasteiger partial charge in [0.15, 0.2) is 5.69 Å². The van der Waals surface area contributed by atoms with E-state index in [1.165, 1.54) is 0 Å². The van der Waals surface area contributed by atoms with Gasteiger partial charge >= 0.3 is 6.01 Å². The van der Waals surface area contributed by atoms with Crippen LogP contribution in [0.25, 0.3) is 0 Å². The number of sulfonamides is 1. The molecule has 0 spiro atoms. The van der Waals surface area contributed by atoms with Crippen LogP contribution in [0.3, 0.4) is 0 Å². The Bertz CT molecular complexity index is 1350. The molecule has 2 atom stereocenters. The highest BCUT2D eigenvalue weighted by molar-refractivity contribution is 7.92. The number of nitrogens with one attached hydrogen (secondary N) is 3. The van der Waals surface area contributed by atoms with Crippen LogP contribution in [-0.2, 0) is 23.0 Å². The summed E-state index contributed by atoms with van der Waals surface area (Å²) in [4.78, 5) is 16.8. The number of oxazole rings is 1. The zero-order chi connectivity index (χ0) is 28.6. The summed E-state index contributed by atoms with van der Waals surface area (Å²) in [5.41, 5.74) is 0.862. The molecule has 212 valence electrons. The third kappa shape index (κ3) is 9.61. The second-order valence-corrected chi connectivity index (χ2v) is 11.2. The fourth-order valence-corrected chi connectivity index (χ4v) is 5.16. The first kappa shape index (κ1) is 30.0. The molecule has 39 heavy (non-hydrogen) atoms. The number of halogens is 2. The van der Waals surface area contributed by atoms with Crippen molar-refractivity contribution in [3.63, 3.8) is 0 Å². The molecule has 3 aromatic rings. The summed E-state index contributed by atoms with van der Waals surface area (Å²) in [6.45, 7) is 3.87. The van der Waals surface area contributed by atoms with Gasteiger partial charge < -0.3 is 24.9 Å². The summed E-state index contributed by atoms with van der Waals surface area (Å²) in [5, 5.41) is 16.6. The minimum Gasteiger partial charge on any atom is -0.497 e. The van der Waals surface area contributed by atoms with Crippen LogP contribution in [-0.4, -0.2) is 56.0 Å². The fourth-order valence-electron chi connectivity index (χ4n) is 3.84. The zero-order valence-electron chi connectivity index (χ0n) is 21.8. The molecule has 2 aromatic carbocycles. The van der Waals surface area contributed by atoms with Crippen LogP contribution in [0, 0.1) is 17.6 Å². The van der Waals surface area contributed by atoms with Crippen molar-refractivity contribution in [1.82, 2.24) is 15.6 Å². The molecule has 1 heterocycles. The smallest absolute Gasteiger partial charge is 0.309 e. The number of aliphatic hydroxyl groups excluding tert-OH is 1. The number of methoxy groups -OCH3 is 1. The van der Waals surface area contributed by atoms with Crippen LogP contribution in [0.2, 0.25) is 0 Å². The summed E-state index contributed by atoms with van der Waals surface area (Å²) in [5.74, 6) is -2.01. The number of hydrogen-bond donors (Lipinski definition) is 4. The summed E-state index contributed by atoms with van der Waals surface area (Å²) in [7, 11) is -2.18. The maximum Gasteiger partial charge on any atom is 0.309 e. The van der Waals surface area contributed by atoms with Gasteiger partial charge in [0.25, 0.3) is 5.91 Å². The number of carbonyl (C=O) groups is 1. The molecule has 0 aliphatic heterocycles. The highest BCUT2D eigenvalue weighted by Crippen LogP contribution is 2.15. The minimum atomic E-state index is -3.73. The number of nitrogens with zero attached hydrogens (tertiary/aromatic N) is 1. The molecule has 0 fully saturated rings. The molecule has 0 aliphatic rings. The van der Waals surface area contributed by atoms with Gasteiger partial charge in [-0.3, -0.25) is 4.79 Å². The van der Waals surface area contributed by atoms with Gasteiger partial charge in [0, 0.05) is 19.2 Å². The number of carbonyl (C=O) groups excluding carboxylic acids is 1. The first-order chi connectivity index (χ1) is 18.4. The van der Waals surface area contributed by atoms with Gasteiger partial charge in [-0.15, -0.1) is 0 Å². The van der Waals surface area contributed by atoms with Gasteiger partial charge in [0.1, 0.15) is 23.6 Å². The molecule has 0 saturated heterocycles. The van der Waals surface area contributed by atoms with E-state index in [4.69, 9.17) is 9.15 Å². The number of ether oxygens (including phenoxy) is 1. The molecular weight excluding hydrogens is 534 g/mol. The molecule has 0 unspecified atom stereocenters. The monoisotopic (exact) mass is 566 g/mol. The van der Waals surface area contributed by atoms with E-state index in [1.807, 2.05) is 18.2 Å². The van der Waals surface area contributed by atoms with E-state index < -0.39 is 39.7 Å². The van der Waals surface area contributed by atoms with Gasteiger partial charge in [-0.2, -0.15) is 4.98 Å². The van der Waals surface area contributed by atoms with Crippen molar-refractivity contribution in [2.45, 2.75) is 39.0 Å².